The molecule has 2 aromatic rings. The monoisotopic (exact) mass is 308 g/mol. The zero-order valence-electron chi connectivity index (χ0n) is 10.1. The highest BCUT2D eigenvalue weighted by molar-refractivity contribution is 9.10. The second-order valence-electron chi connectivity index (χ2n) is 3.90. The Morgan fingerprint density at radius 3 is 2.89 bits per heavy atom. The number of rotatable bonds is 3. The van der Waals surface area contributed by atoms with E-state index in [9.17, 15) is 4.79 Å². The Kier molecular flexibility index (Phi) is 3.76. The molecule has 6 heteroatoms. The van der Waals surface area contributed by atoms with Gasteiger partial charge in [0.2, 0.25) is 5.82 Å². The average molecular weight is 309 g/mol. The lowest BCUT2D eigenvalue weighted by molar-refractivity contribution is 0.101. The molecule has 1 aromatic heterocycles. The number of nitrogens with zero attached hydrogens (tertiary/aromatic N) is 2. The van der Waals surface area contributed by atoms with E-state index in [1.165, 1.54) is 0 Å². The van der Waals surface area contributed by atoms with Gasteiger partial charge in [0.25, 0.3) is 5.91 Å². The van der Waals surface area contributed by atoms with Crippen LogP contribution in [0.15, 0.2) is 22.7 Å². The van der Waals surface area contributed by atoms with Crippen LogP contribution in [0.4, 0.5) is 5.69 Å². The van der Waals surface area contributed by atoms with E-state index in [1.54, 1.807) is 0 Å². The third-order valence-corrected chi connectivity index (χ3v) is 3.10. The standard InChI is InChI=1S/C12H13BrN4O/c1-3-10-15-11(17-16-10)12(18)14-9-5-4-7(2)6-8(9)13/h4-6H,3H2,1-2H3,(H,14,18)(H,15,16,17). The molecule has 0 aliphatic heterocycles. The Morgan fingerprint density at radius 2 is 2.28 bits per heavy atom. The van der Waals surface area contributed by atoms with Gasteiger partial charge in [0, 0.05) is 10.9 Å². The highest BCUT2D eigenvalue weighted by Crippen LogP contribution is 2.23. The van der Waals surface area contributed by atoms with Crippen LogP contribution in [0, 0.1) is 6.92 Å². The van der Waals surface area contributed by atoms with Gasteiger partial charge in [-0.3, -0.25) is 9.89 Å². The topological polar surface area (TPSA) is 70.7 Å². The summed E-state index contributed by atoms with van der Waals surface area (Å²) in [4.78, 5) is 16.0. The first-order valence-corrected chi connectivity index (χ1v) is 6.38. The zero-order chi connectivity index (χ0) is 13.1. The molecule has 2 N–H and O–H groups in total. The summed E-state index contributed by atoms with van der Waals surface area (Å²) < 4.78 is 0.835. The molecule has 1 heterocycles. The van der Waals surface area contributed by atoms with Crippen LogP contribution >= 0.6 is 15.9 Å². The lowest BCUT2D eigenvalue weighted by Crippen LogP contribution is -2.14. The van der Waals surface area contributed by atoms with Gasteiger partial charge < -0.3 is 5.32 Å². The van der Waals surface area contributed by atoms with Crippen molar-refractivity contribution >= 4 is 27.5 Å². The van der Waals surface area contributed by atoms with Crippen LogP contribution in [-0.4, -0.2) is 21.1 Å². The molecule has 0 bridgehead atoms. The maximum Gasteiger partial charge on any atom is 0.295 e. The highest BCUT2D eigenvalue weighted by Gasteiger charge is 2.13. The third-order valence-electron chi connectivity index (χ3n) is 2.44. The number of benzene rings is 1. The number of aromatic amines is 1. The van der Waals surface area contributed by atoms with Crippen molar-refractivity contribution in [2.75, 3.05) is 5.32 Å². The number of hydrogen-bond acceptors (Lipinski definition) is 3. The highest BCUT2D eigenvalue weighted by atomic mass is 79.9. The lowest BCUT2D eigenvalue weighted by Gasteiger charge is -2.05. The van der Waals surface area contributed by atoms with Crippen molar-refractivity contribution in [2.45, 2.75) is 20.3 Å². The first kappa shape index (κ1) is 12.8. The van der Waals surface area contributed by atoms with Crippen LogP contribution in [0.25, 0.3) is 0 Å². The van der Waals surface area contributed by atoms with Gasteiger partial charge in [-0.1, -0.05) is 13.0 Å². The van der Waals surface area contributed by atoms with Gasteiger partial charge >= 0.3 is 0 Å². The summed E-state index contributed by atoms with van der Waals surface area (Å²) in [5, 5.41) is 9.34. The van der Waals surface area contributed by atoms with Crippen LogP contribution in [0.1, 0.15) is 28.9 Å². The fourth-order valence-electron chi connectivity index (χ4n) is 1.45. The van der Waals surface area contributed by atoms with Crippen LogP contribution < -0.4 is 5.32 Å². The molecule has 1 amide bonds. The van der Waals surface area contributed by atoms with Crippen LogP contribution in [0.5, 0.6) is 0 Å². The summed E-state index contributed by atoms with van der Waals surface area (Å²) in [5.41, 5.74) is 1.82. The van der Waals surface area contributed by atoms with E-state index >= 15 is 0 Å². The van der Waals surface area contributed by atoms with Gasteiger partial charge in [-0.15, -0.1) is 5.10 Å². The number of carbonyl (C=O) groups is 1. The van der Waals surface area contributed by atoms with E-state index in [4.69, 9.17) is 0 Å². The third kappa shape index (κ3) is 2.76. The summed E-state index contributed by atoms with van der Waals surface area (Å²) in [6, 6.07) is 5.70. The SMILES string of the molecule is CCc1nc(C(=O)Nc2ccc(C)cc2Br)n[nH]1. The predicted octanol–water partition coefficient (Wildman–Crippen LogP) is 2.69. The number of anilines is 1. The van der Waals surface area contributed by atoms with Gasteiger partial charge in [-0.25, -0.2) is 4.98 Å². The molecule has 0 aliphatic carbocycles. The van der Waals surface area contributed by atoms with Crippen molar-refractivity contribution in [3.05, 3.63) is 39.9 Å². The maximum absolute atomic E-state index is 11.9. The second kappa shape index (κ2) is 5.30. The van der Waals surface area contributed by atoms with Crippen LogP contribution in [0.3, 0.4) is 0 Å². The van der Waals surface area contributed by atoms with Crippen molar-refractivity contribution in [1.29, 1.82) is 0 Å². The number of nitrogens with one attached hydrogen (secondary N) is 2. The average Bonchev–Trinajstić information content (AvgIpc) is 2.81. The molecular weight excluding hydrogens is 296 g/mol. The minimum absolute atomic E-state index is 0.152. The Hall–Kier alpha value is -1.69. The number of aromatic nitrogens is 3. The molecule has 0 unspecified atom stereocenters. The Morgan fingerprint density at radius 1 is 1.50 bits per heavy atom. The number of halogens is 1. The van der Waals surface area contributed by atoms with Gasteiger partial charge in [0.05, 0.1) is 5.69 Å². The summed E-state index contributed by atoms with van der Waals surface area (Å²) in [5.74, 6) is 0.526. The van der Waals surface area contributed by atoms with Gasteiger partial charge in [0.1, 0.15) is 5.82 Å². The lowest BCUT2D eigenvalue weighted by atomic mass is 10.2. The van der Waals surface area contributed by atoms with E-state index in [0.717, 1.165) is 10.0 Å². The first-order chi connectivity index (χ1) is 8.60. The van der Waals surface area contributed by atoms with E-state index in [-0.39, 0.29) is 11.7 Å². The Bertz CT molecular complexity index is 579. The Balaban J connectivity index is 2.16. The molecule has 0 aliphatic rings. The van der Waals surface area contributed by atoms with Gasteiger partial charge in [0.15, 0.2) is 0 Å². The van der Waals surface area contributed by atoms with E-state index < -0.39 is 0 Å². The molecule has 0 atom stereocenters. The number of H-pyrrole nitrogens is 1. The second-order valence-corrected chi connectivity index (χ2v) is 4.75. The predicted molar refractivity (Wildman–Crippen MR) is 72.6 cm³/mol. The largest absolute Gasteiger partial charge is 0.318 e. The minimum Gasteiger partial charge on any atom is -0.318 e. The molecule has 5 nitrogen and oxygen atoms in total. The number of hydrogen-bond donors (Lipinski definition) is 2. The molecule has 94 valence electrons. The van der Waals surface area contributed by atoms with Crippen molar-refractivity contribution in [3.63, 3.8) is 0 Å². The summed E-state index contributed by atoms with van der Waals surface area (Å²) in [7, 11) is 0. The van der Waals surface area contributed by atoms with Crippen molar-refractivity contribution in [3.8, 4) is 0 Å². The van der Waals surface area contributed by atoms with Crippen LogP contribution in [0.2, 0.25) is 0 Å². The van der Waals surface area contributed by atoms with Crippen molar-refractivity contribution in [2.24, 2.45) is 0 Å². The fraction of sp³-hybridized carbons (Fsp3) is 0.250. The zero-order valence-corrected chi connectivity index (χ0v) is 11.7. The first-order valence-electron chi connectivity index (χ1n) is 5.59. The normalized spacial score (nSPS) is 10.4. The molecular formula is C12H13BrN4O. The summed E-state index contributed by atoms with van der Waals surface area (Å²) in [6.07, 6.45) is 0.717. The maximum atomic E-state index is 11.9. The number of carbonyl (C=O) groups excluding carboxylic acids is 1. The molecule has 1 aromatic carbocycles. The Labute approximate surface area is 113 Å². The molecule has 0 saturated heterocycles. The molecule has 18 heavy (non-hydrogen) atoms. The van der Waals surface area contributed by atoms with Gasteiger partial charge in [-0.2, -0.15) is 0 Å². The smallest absolute Gasteiger partial charge is 0.295 e. The number of amides is 1. The molecule has 0 radical (unpaired) electrons. The van der Waals surface area contributed by atoms with E-state index in [0.29, 0.717) is 17.9 Å². The quantitative estimate of drug-likeness (QED) is 0.916. The molecule has 0 spiro atoms. The van der Waals surface area contributed by atoms with Crippen LogP contribution in [-0.2, 0) is 6.42 Å². The van der Waals surface area contributed by atoms with Crippen molar-refractivity contribution in [1.82, 2.24) is 15.2 Å². The summed E-state index contributed by atoms with van der Waals surface area (Å²) >= 11 is 3.40. The fourth-order valence-corrected chi connectivity index (χ4v) is 2.05. The van der Waals surface area contributed by atoms with Crippen molar-refractivity contribution < 1.29 is 4.79 Å². The molecule has 0 fully saturated rings. The molecule has 0 saturated carbocycles. The molecule has 2 rings (SSSR count). The summed E-state index contributed by atoms with van der Waals surface area (Å²) in [6.45, 7) is 3.93. The van der Waals surface area contributed by atoms with Gasteiger partial charge in [-0.05, 0) is 40.5 Å². The van der Waals surface area contributed by atoms with E-state index in [1.807, 2.05) is 32.0 Å². The minimum atomic E-state index is -0.324. The number of aryl methyl sites for hydroxylation is 2. The van der Waals surface area contributed by atoms with E-state index in [2.05, 4.69) is 36.4 Å².